The van der Waals surface area contributed by atoms with Crippen LogP contribution in [0.25, 0.3) is 0 Å². The van der Waals surface area contributed by atoms with Crippen LogP contribution in [0.1, 0.15) is 11.1 Å². The van der Waals surface area contributed by atoms with Crippen molar-refractivity contribution in [1.82, 2.24) is 4.83 Å². The van der Waals surface area contributed by atoms with E-state index in [9.17, 15) is 13.5 Å². The van der Waals surface area contributed by atoms with Crippen molar-refractivity contribution < 1.29 is 13.5 Å². The van der Waals surface area contributed by atoms with Crippen LogP contribution in [0.15, 0.2) is 46.4 Å². The Bertz CT molecular complexity index is 819. The summed E-state index contributed by atoms with van der Waals surface area (Å²) in [6.45, 7) is 1.85. The highest BCUT2D eigenvalue weighted by molar-refractivity contribution is 7.89. The highest BCUT2D eigenvalue weighted by Gasteiger charge is 2.12. The number of aromatic hydroxyl groups is 1. The number of hydrogen-bond acceptors (Lipinski definition) is 4. The second-order valence-electron chi connectivity index (χ2n) is 4.49. The minimum absolute atomic E-state index is 0.0512. The number of hydrogen-bond donors (Lipinski definition) is 2. The van der Waals surface area contributed by atoms with Gasteiger partial charge >= 0.3 is 0 Å². The molecule has 0 unspecified atom stereocenters. The van der Waals surface area contributed by atoms with E-state index in [0.29, 0.717) is 5.02 Å². The topological polar surface area (TPSA) is 78.8 Å². The van der Waals surface area contributed by atoms with Gasteiger partial charge in [-0.25, -0.2) is 4.83 Å². The van der Waals surface area contributed by atoms with Crippen LogP contribution in [0.4, 0.5) is 0 Å². The Balaban J connectivity index is 2.20. The van der Waals surface area contributed by atoms with E-state index in [1.165, 1.54) is 24.3 Å². The number of nitrogens with one attached hydrogen (secondary N) is 1. The maximum absolute atomic E-state index is 12.0. The van der Waals surface area contributed by atoms with Crippen LogP contribution in [0.5, 0.6) is 5.75 Å². The van der Waals surface area contributed by atoms with Crippen LogP contribution < -0.4 is 4.83 Å². The van der Waals surface area contributed by atoms with Gasteiger partial charge in [-0.3, -0.25) is 0 Å². The molecule has 5 nitrogen and oxygen atoms in total. The summed E-state index contributed by atoms with van der Waals surface area (Å²) < 4.78 is 24.0. The Kier molecular flexibility index (Phi) is 4.95. The molecule has 0 spiro atoms. The van der Waals surface area contributed by atoms with Crippen molar-refractivity contribution in [3.8, 4) is 5.75 Å². The summed E-state index contributed by atoms with van der Waals surface area (Å²) in [6.07, 6.45) is 1.12. The van der Waals surface area contributed by atoms with Gasteiger partial charge in [0.2, 0.25) is 0 Å². The lowest BCUT2D eigenvalue weighted by molar-refractivity contribution is 0.474. The monoisotopic (exact) mass is 358 g/mol. The first-order valence-corrected chi connectivity index (χ1v) is 8.33. The molecule has 2 N–H and O–H groups in total. The van der Waals surface area contributed by atoms with Gasteiger partial charge in [-0.15, -0.1) is 0 Å². The third-order valence-electron chi connectivity index (χ3n) is 2.77. The van der Waals surface area contributed by atoms with Crippen LogP contribution >= 0.6 is 23.2 Å². The molecule has 2 aromatic rings. The first-order valence-electron chi connectivity index (χ1n) is 6.09. The van der Waals surface area contributed by atoms with Crippen LogP contribution in [0.3, 0.4) is 0 Å². The molecule has 2 rings (SSSR count). The summed E-state index contributed by atoms with van der Waals surface area (Å²) in [7, 11) is -3.78. The first-order chi connectivity index (χ1) is 10.3. The van der Waals surface area contributed by atoms with Crippen molar-refractivity contribution in [1.29, 1.82) is 0 Å². The Morgan fingerprint density at radius 1 is 1.18 bits per heavy atom. The normalized spacial score (nSPS) is 11.8. The van der Waals surface area contributed by atoms with Crippen LogP contribution in [0.2, 0.25) is 10.0 Å². The molecule has 0 saturated heterocycles. The summed E-state index contributed by atoms with van der Waals surface area (Å²) >= 11 is 11.6. The van der Waals surface area contributed by atoms with E-state index in [1.807, 2.05) is 6.92 Å². The summed E-state index contributed by atoms with van der Waals surface area (Å²) in [5.74, 6) is -0.232. The van der Waals surface area contributed by atoms with E-state index in [1.54, 1.807) is 12.1 Å². The first kappa shape index (κ1) is 16.6. The van der Waals surface area contributed by atoms with E-state index < -0.39 is 10.0 Å². The second kappa shape index (κ2) is 6.56. The maximum Gasteiger partial charge on any atom is 0.276 e. The summed E-state index contributed by atoms with van der Waals surface area (Å²) in [6, 6.07) is 9.09. The molecule has 22 heavy (non-hydrogen) atoms. The molecule has 0 bridgehead atoms. The Hall–Kier alpha value is -1.76. The molecule has 116 valence electrons. The van der Waals surface area contributed by atoms with Crippen LogP contribution in [-0.2, 0) is 10.0 Å². The summed E-state index contributed by atoms with van der Waals surface area (Å²) in [5.41, 5.74) is 1.14. The molecule has 0 aliphatic carbocycles. The molecule has 0 radical (unpaired) electrons. The number of nitrogens with zero attached hydrogens (tertiary/aromatic N) is 1. The number of phenolic OH excluding ortho intramolecular Hbond substituents is 1. The molecular formula is C14H12Cl2N2O3S. The van der Waals surface area contributed by atoms with Gasteiger partial charge in [0.15, 0.2) is 0 Å². The molecule has 2 aromatic carbocycles. The molecule has 0 saturated carbocycles. The number of rotatable bonds is 4. The SMILES string of the molecule is Cc1ccc(S(=O)(=O)NN=Cc2cc(Cl)cc(Cl)c2O)cc1. The van der Waals surface area contributed by atoms with E-state index in [4.69, 9.17) is 23.2 Å². The van der Waals surface area contributed by atoms with Crippen molar-refractivity contribution in [3.63, 3.8) is 0 Å². The lowest BCUT2D eigenvalue weighted by Gasteiger charge is -2.05. The fourth-order valence-corrected chi connectivity index (χ4v) is 2.92. The minimum Gasteiger partial charge on any atom is -0.506 e. The molecule has 0 atom stereocenters. The number of aryl methyl sites for hydroxylation is 1. The highest BCUT2D eigenvalue weighted by atomic mass is 35.5. The third-order valence-corrected chi connectivity index (χ3v) is 4.51. The average molecular weight is 359 g/mol. The van der Waals surface area contributed by atoms with Crippen molar-refractivity contribution >= 4 is 39.4 Å². The quantitative estimate of drug-likeness (QED) is 0.649. The van der Waals surface area contributed by atoms with Gasteiger partial charge in [-0.1, -0.05) is 40.9 Å². The van der Waals surface area contributed by atoms with E-state index in [2.05, 4.69) is 9.93 Å². The van der Waals surface area contributed by atoms with Crippen molar-refractivity contribution in [2.45, 2.75) is 11.8 Å². The number of sulfonamides is 1. The van der Waals surface area contributed by atoms with Crippen molar-refractivity contribution in [2.75, 3.05) is 0 Å². The van der Waals surface area contributed by atoms with E-state index in [-0.39, 0.29) is 21.2 Å². The lowest BCUT2D eigenvalue weighted by atomic mass is 10.2. The molecular weight excluding hydrogens is 347 g/mol. The standard InChI is InChI=1S/C14H12Cl2N2O3S/c1-9-2-4-12(5-3-9)22(20,21)18-17-8-10-6-11(15)7-13(16)14(10)19/h2-8,18-19H,1H3. The molecule has 0 heterocycles. The molecule has 0 aliphatic heterocycles. The number of hydrazone groups is 1. The molecule has 0 aromatic heterocycles. The largest absolute Gasteiger partial charge is 0.506 e. The fraction of sp³-hybridized carbons (Fsp3) is 0.0714. The van der Waals surface area contributed by atoms with Gasteiger partial charge in [-0.2, -0.15) is 13.5 Å². The van der Waals surface area contributed by atoms with Gasteiger partial charge in [0, 0.05) is 10.6 Å². The molecule has 0 amide bonds. The summed E-state index contributed by atoms with van der Waals surface area (Å²) in [5, 5.41) is 13.7. The molecule has 8 heteroatoms. The Labute approximate surface area is 138 Å². The van der Waals surface area contributed by atoms with Crippen LogP contribution in [-0.4, -0.2) is 19.7 Å². The molecule has 0 fully saturated rings. The number of benzene rings is 2. The molecule has 0 aliphatic rings. The zero-order valence-electron chi connectivity index (χ0n) is 11.4. The van der Waals surface area contributed by atoms with Gasteiger partial charge in [-0.05, 0) is 31.2 Å². The smallest absolute Gasteiger partial charge is 0.276 e. The van der Waals surface area contributed by atoms with E-state index in [0.717, 1.165) is 11.8 Å². The number of phenols is 1. The van der Waals surface area contributed by atoms with Crippen LogP contribution in [0, 0.1) is 6.92 Å². The third kappa shape index (κ3) is 3.91. The Morgan fingerprint density at radius 3 is 2.45 bits per heavy atom. The highest BCUT2D eigenvalue weighted by Crippen LogP contribution is 2.29. The van der Waals surface area contributed by atoms with Gasteiger partial charge in [0.05, 0.1) is 16.1 Å². The van der Waals surface area contributed by atoms with Crippen molar-refractivity contribution in [3.05, 3.63) is 57.6 Å². The van der Waals surface area contributed by atoms with E-state index >= 15 is 0 Å². The zero-order valence-corrected chi connectivity index (χ0v) is 13.7. The number of halogens is 2. The maximum atomic E-state index is 12.0. The fourth-order valence-electron chi connectivity index (χ4n) is 1.62. The average Bonchev–Trinajstić information content (AvgIpc) is 2.44. The van der Waals surface area contributed by atoms with Crippen molar-refractivity contribution in [2.24, 2.45) is 5.10 Å². The second-order valence-corrected chi connectivity index (χ2v) is 7.00. The van der Waals surface area contributed by atoms with Gasteiger partial charge in [0.25, 0.3) is 10.0 Å². The minimum atomic E-state index is -3.78. The summed E-state index contributed by atoms with van der Waals surface area (Å²) in [4.78, 5) is 2.14. The predicted octanol–water partition coefficient (Wildman–Crippen LogP) is 3.32. The predicted molar refractivity (Wildman–Crippen MR) is 87.2 cm³/mol. The lowest BCUT2D eigenvalue weighted by Crippen LogP contribution is -2.18. The Morgan fingerprint density at radius 2 is 1.82 bits per heavy atom. The van der Waals surface area contributed by atoms with Gasteiger partial charge < -0.3 is 5.11 Å². The zero-order chi connectivity index (χ0) is 16.3. The van der Waals surface area contributed by atoms with Gasteiger partial charge in [0.1, 0.15) is 5.75 Å².